The average Bonchev–Trinajstić information content (AvgIpc) is 3.28. The van der Waals surface area contributed by atoms with E-state index in [9.17, 15) is 9.18 Å². The molecule has 4 rings (SSSR count). The molecule has 0 bridgehead atoms. The summed E-state index contributed by atoms with van der Waals surface area (Å²) in [6.45, 7) is 4.90. The van der Waals surface area contributed by atoms with Crippen molar-refractivity contribution in [3.05, 3.63) is 59.9 Å². The first-order valence-electron chi connectivity index (χ1n) is 11.0. The lowest BCUT2D eigenvalue weighted by molar-refractivity contribution is -0.116. The van der Waals surface area contributed by atoms with Crippen LogP contribution in [0.5, 0.6) is 0 Å². The number of benzene rings is 2. The van der Waals surface area contributed by atoms with E-state index in [1.807, 2.05) is 29.7 Å². The molecule has 0 N–H and O–H groups in total. The number of carbonyl (C=O) groups excluding carboxylic acids is 1. The van der Waals surface area contributed by atoms with E-state index >= 15 is 0 Å². The molecule has 176 valence electrons. The zero-order chi connectivity index (χ0) is 23.9. The molecule has 1 aromatic heterocycles. The summed E-state index contributed by atoms with van der Waals surface area (Å²) in [5, 5.41) is 18.5. The lowest BCUT2D eigenvalue weighted by atomic mass is 10.2. The summed E-state index contributed by atoms with van der Waals surface area (Å²) in [6, 6.07) is 15.8. The fourth-order valence-corrected chi connectivity index (χ4v) is 4.52. The molecule has 2 heterocycles. The molecule has 3 aromatic rings. The van der Waals surface area contributed by atoms with Gasteiger partial charge in [0, 0.05) is 25.3 Å². The van der Waals surface area contributed by atoms with E-state index in [4.69, 9.17) is 10.00 Å². The van der Waals surface area contributed by atoms with E-state index < -0.39 is 0 Å². The van der Waals surface area contributed by atoms with E-state index in [-0.39, 0.29) is 30.4 Å². The number of nitriles is 1. The molecular weight excluding hydrogens is 455 g/mol. The molecule has 0 radical (unpaired) electrons. The van der Waals surface area contributed by atoms with Crippen LogP contribution in [0.2, 0.25) is 0 Å². The molecule has 0 atom stereocenters. The molecular formula is C24H25FN6O2S. The standard InChI is InChI=1S/C24H25FN6O2S/c1-18-4-2-5-21(16-18)31-23(29-12-14-33-15-13-29)27-28-24(31)34-17-22(32)30(11-3-10-26)20-8-6-19(25)7-9-20/h2,4-9,16H,3,11-15,17H2,1H3. The van der Waals surface area contributed by atoms with Gasteiger partial charge in [-0.25, -0.2) is 4.39 Å². The van der Waals surface area contributed by atoms with E-state index in [1.54, 1.807) is 12.1 Å². The van der Waals surface area contributed by atoms with Gasteiger partial charge in [0.1, 0.15) is 5.82 Å². The predicted molar refractivity (Wildman–Crippen MR) is 129 cm³/mol. The minimum atomic E-state index is -0.382. The van der Waals surface area contributed by atoms with Crippen molar-refractivity contribution in [1.82, 2.24) is 14.8 Å². The Kier molecular flexibility index (Phi) is 7.77. The average molecular weight is 481 g/mol. The quantitative estimate of drug-likeness (QED) is 0.455. The van der Waals surface area contributed by atoms with Crippen LogP contribution in [0.4, 0.5) is 16.0 Å². The van der Waals surface area contributed by atoms with Gasteiger partial charge in [-0.05, 0) is 48.9 Å². The van der Waals surface area contributed by atoms with Crippen molar-refractivity contribution in [2.45, 2.75) is 18.5 Å². The van der Waals surface area contributed by atoms with Gasteiger partial charge in [-0.2, -0.15) is 5.26 Å². The maximum atomic E-state index is 13.4. The Bertz CT molecular complexity index is 1170. The van der Waals surface area contributed by atoms with Crippen LogP contribution in [0.1, 0.15) is 12.0 Å². The van der Waals surface area contributed by atoms with Gasteiger partial charge in [0.25, 0.3) is 0 Å². The van der Waals surface area contributed by atoms with Crippen LogP contribution in [0, 0.1) is 24.1 Å². The van der Waals surface area contributed by atoms with Gasteiger partial charge in [-0.15, -0.1) is 10.2 Å². The highest BCUT2D eigenvalue weighted by molar-refractivity contribution is 7.99. The minimum absolute atomic E-state index is 0.0931. The summed E-state index contributed by atoms with van der Waals surface area (Å²) in [6.07, 6.45) is 0.175. The molecule has 0 unspecified atom stereocenters. The Morgan fingerprint density at radius 1 is 1.21 bits per heavy atom. The second kappa shape index (κ2) is 11.1. The number of amides is 1. The van der Waals surface area contributed by atoms with Gasteiger partial charge in [-0.1, -0.05) is 23.9 Å². The van der Waals surface area contributed by atoms with Crippen molar-refractivity contribution >= 4 is 29.3 Å². The largest absolute Gasteiger partial charge is 0.378 e. The molecule has 0 saturated carbocycles. The lowest BCUT2D eigenvalue weighted by Gasteiger charge is -2.28. The number of ether oxygens (including phenoxy) is 1. The van der Waals surface area contributed by atoms with Crippen LogP contribution in [0.3, 0.4) is 0 Å². The first-order valence-corrected chi connectivity index (χ1v) is 12.0. The van der Waals surface area contributed by atoms with Crippen LogP contribution in [-0.2, 0) is 9.53 Å². The van der Waals surface area contributed by atoms with Gasteiger partial charge >= 0.3 is 0 Å². The monoisotopic (exact) mass is 480 g/mol. The number of hydrogen-bond donors (Lipinski definition) is 0. The van der Waals surface area contributed by atoms with E-state index in [0.717, 1.165) is 11.3 Å². The highest BCUT2D eigenvalue weighted by atomic mass is 32.2. The maximum Gasteiger partial charge on any atom is 0.237 e. The van der Waals surface area contributed by atoms with Crippen molar-refractivity contribution in [3.8, 4) is 11.8 Å². The van der Waals surface area contributed by atoms with Crippen molar-refractivity contribution in [2.24, 2.45) is 0 Å². The van der Waals surface area contributed by atoms with Gasteiger partial charge in [0.15, 0.2) is 5.16 Å². The van der Waals surface area contributed by atoms with Crippen molar-refractivity contribution in [2.75, 3.05) is 48.4 Å². The molecule has 0 spiro atoms. The number of thioether (sulfide) groups is 1. The fourth-order valence-electron chi connectivity index (χ4n) is 3.70. The van der Waals surface area contributed by atoms with Crippen LogP contribution in [-0.4, -0.2) is 59.3 Å². The Hall–Kier alpha value is -3.42. The third-order valence-corrected chi connectivity index (χ3v) is 6.30. The smallest absolute Gasteiger partial charge is 0.237 e. The second-order valence-electron chi connectivity index (χ2n) is 7.77. The van der Waals surface area contributed by atoms with Crippen molar-refractivity contribution in [1.29, 1.82) is 5.26 Å². The summed E-state index contributed by atoms with van der Waals surface area (Å²) in [5.41, 5.74) is 2.57. The SMILES string of the molecule is Cc1cccc(-n2c(SCC(=O)N(CCC#N)c3ccc(F)cc3)nnc2N2CCOCC2)c1. The van der Waals surface area contributed by atoms with E-state index in [0.29, 0.717) is 43.1 Å². The molecule has 8 nitrogen and oxygen atoms in total. The Morgan fingerprint density at radius 3 is 2.68 bits per heavy atom. The summed E-state index contributed by atoms with van der Waals surface area (Å²) in [4.78, 5) is 16.8. The summed E-state index contributed by atoms with van der Waals surface area (Å²) in [5.74, 6) is 0.227. The number of aromatic nitrogens is 3. The van der Waals surface area contributed by atoms with E-state index in [2.05, 4.69) is 27.2 Å². The van der Waals surface area contributed by atoms with Crippen LogP contribution in [0.15, 0.2) is 53.7 Å². The van der Waals surface area contributed by atoms with E-state index in [1.165, 1.54) is 28.8 Å². The molecule has 2 aromatic carbocycles. The predicted octanol–water partition coefficient (Wildman–Crippen LogP) is 3.59. The minimum Gasteiger partial charge on any atom is -0.378 e. The van der Waals surface area contributed by atoms with Crippen LogP contribution < -0.4 is 9.80 Å². The normalized spacial score (nSPS) is 13.5. The third kappa shape index (κ3) is 5.55. The van der Waals surface area contributed by atoms with Gasteiger partial charge in [0.2, 0.25) is 11.9 Å². The highest BCUT2D eigenvalue weighted by Crippen LogP contribution is 2.28. The first-order chi connectivity index (χ1) is 16.6. The van der Waals surface area contributed by atoms with Gasteiger partial charge in [-0.3, -0.25) is 9.36 Å². The van der Waals surface area contributed by atoms with Gasteiger partial charge < -0.3 is 14.5 Å². The molecule has 1 aliphatic heterocycles. The molecule has 10 heteroatoms. The zero-order valence-corrected chi connectivity index (χ0v) is 19.7. The lowest BCUT2D eigenvalue weighted by Crippen LogP contribution is -2.38. The number of nitrogens with zero attached hydrogens (tertiary/aromatic N) is 6. The summed E-state index contributed by atoms with van der Waals surface area (Å²) < 4.78 is 20.8. The number of anilines is 2. The van der Waals surface area contributed by atoms with Crippen molar-refractivity contribution < 1.29 is 13.9 Å². The molecule has 1 fully saturated rings. The topological polar surface area (TPSA) is 87.3 Å². The second-order valence-corrected chi connectivity index (χ2v) is 8.72. The Labute approximate surface area is 201 Å². The molecule has 0 aliphatic carbocycles. The molecule has 34 heavy (non-hydrogen) atoms. The maximum absolute atomic E-state index is 13.4. The molecule has 1 amide bonds. The fraction of sp³-hybridized carbons (Fsp3) is 0.333. The summed E-state index contributed by atoms with van der Waals surface area (Å²) >= 11 is 1.28. The Morgan fingerprint density at radius 2 is 1.97 bits per heavy atom. The number of hydrogen-bond acceptors (Lipinski definition) is 7. The molecule has 1 saturated heterocycles. The van der Waals surface area contributed by atoms with Gasteiger partial charge in [0.05, 0.1) is 37.1 Å². The Balaban J connectivity index is 1.59. The summed E-state index contributed by atoms with van der Waals surface area (Å²) in [7, 11) is 0. The number of halogens is 1. The zero-order valence-electron chi connectivity index (χ0n) is 18.9. The van der Waals surface area contributed by atoms with Crippen LogP contribution in [0.25, 0.3) is 5.69 Å². The third-order valence-electron chi connectivity index (χ3n) is 5.38. The molecule has 1 aliphatic rings. The first kappa shape index (κ1) is 23.7. The number of carbonyl (C=O) groups is 1. The number of morpholine rings is 1. The highest BCUT2D eigenvalue weighted by Gasteiger charge is 2.23. The van der Waals surface area contributed by atoms with Crippen LogP contribution >= 0.6 is 11.8 Å². The number of rotatable bonds is 8. The van der Waals surface area contributed by atoms with Crippen molar-refractivity contribution in [3.63, 3.8) is 0 Å². The number of aryl methyl sites for hydroxylation is 1.